The summed E-state index contributed by atoms with van der Waals surface area (Å²) in [7, 11) is 0. The van der Waals surface area contributed by atoms with E-state index in [1.165, 1.54) is 13.8 Å². The first-order valence-electron chi connectivity index (χ1n) is 6.10. The lowest BCUT2D eigenvalue weighted by atomic mass is 9.89. The van der Waals surface area contributed by atoms with Crippen molar-refractivity contribution in [2.75, 3.05) is 6.61 Å². The molecule has 2 unspecified atom stereocenters. The van der Waals surface area contributed by atoms with Gasteiger partial charge in [0.2, 0.25) is 5.60 Å². The van der Waals surface area contributed by atoms with Gasteiger partial charge in [0.25, 0.3) is 12.2 Å². The van der Waals surface area contributed by atoms with Gasteiger partial charge in [-0.25, -0.2) is 8.78 Å². The van der Waals surface area contributed by atoms with Gasteiger partial charge in [-0.3, -0.25) is 4.79 Å². The average Bonchev–Trinajstić information content (AvgIpc) is 2.51. The van der Waals surface area contributed by atoms with Crippen molar-refractivity contribution in [3.8, 4) is 0 Å². The van der Waals surface area contributed by atoms with E-state index in [1.54, 1.807) is 6.92 Å². The molecule has 2 atom stereocenters. The second-order valence-corrected chi connectivity index (χ2v) is 5.72. The molecular formula is C12H18F4O4. The average molecular weight is 302 g/mol. The Morgan fingerprint density at radius 2 is 1.95 bits per heavy atom. The van der Waals surface area contributed by atoms with Gasteiger partial charge in [-0.15, -0.1) is 0 Å². The predicted octanol–water partition coefficient (Wildman–Crippen LogP) is 2.34. The van der Waals surface area contributed by atoms with Crippen LogP contribution < -0.4 is 0 Å². The first-order chi connectivity index (χ1) is 8.84. The molecule has 1 fully saturated rings. The van der Waals surface area contributed by atoms with E-state index < -0.39 is 41.7 Å². The number of carbonyl (C=O) groups is 1. The van der Waals surface area contributed by atoms with E-state index in [4.69, 9.17) is 4.74 Å². The molecule has 4 nitrogen and oxygen atoms in total. The van der Waals surface area contributed by atoms with E-state index in [0.717, 1.165) is 6.92 Å². The predicted molar refractivity (Wildman–Crippen MR) is 60.4 cm³/mol. The fourth-order valence-electron chi connectivity index (χ4n) is 1.59. The molecule has 8 heteroatoms. The minimum atomic E-state index is -4.44. The van der Waals surface area contributed by atoms with Crippen LogP contribution in [0.25, 0.3) is 0 Å². The largest absolute Gasteiger partial charge is 0.450 e. The van der Waals surface area contributed by atoms with Crippen molar-refractivity contribution in [2.24, 2.45) is 5.41 Å². The molecule has 20 heavy (non-hydrogen) atoms. The molecule has 0 aromatic rings. The van der Waals surface area contributed by atoms with Crippen molar-refractivity contribution in [1.29, 1.82) is 0 Å². The summed E-state index contributed by atoms with van der Waals surface area (Å²) in [4.78, 5) is 11.8. The molecule has 1 heterocycles. The summed E-state index contributed by atoms with van der Waals surface area (Å²) < 4.78 is 62.1. The summed E-state index contributed by atoms with van der Waals surface area (Å²) in [6.07, 6.45) is -3.52. The van der Waals surface area contributed by atoms with Crippen LogP contribution in [-0.2, 0) is 14.3 Å². The number of halogens is 4. The van der Waals surface area contributed by atoms with Crippen molar-refractivity contribution in [1.82, 2.24) is 0 Å². The molecule has 118 valence electrons. The van der Waals surface area contributed by atoms with Gasteiger partial charge >= 0.3 is 11.9 Å². The number of esters is 1. The van der Waals surface area contributed by atoms with Gasteiger partial charge in [0.05, 0.1) is 12.0 Å². The zero-order valence-corrected chi connectivity index (χ0v) is 11.7. The van der Waals surface area contributed by atoms with Crippen LogP contribution in [0.1, 0.15) is 34.1 Å². The second-order valence-electron chi connectivity index (χ2n) is 5.72. The molecule has 0 radical (unpaired) electrons. The standard InChI is InChI=1S/C12H18F4O4/c1-5-9(2,3)8(17)20-10(4)6-19-11(18,7(13)14)12(10,15)16/h7,18H,5-6H2,1-4H3. The molecule has 1 aliphatic rings. The van der Waals surface area contributed by atoms with Gasteiger partial charge in [0.15, 0.2) is 0 Å². The van der Waals surface area contributed by atoms with Crippen molar-refractivity contribution in [2.45, 2.75) is 57.9 Å². The lowest BCUT2D eigenvalue weighted by molar-refractivity contribution is -0.336. The SMILES string of the molecule is CCC(C)(C)C(=O)OC1(C)COC(O)(C(F)F)C1(F)F. The highest BCUT2D eigenvalue weighted by molar-refractivity contribution is 5.76. The smallest absolute Gasteiger partial charge is 0.347 e. The molecule has 0 spiro atoms. The summed E-state index contributed by atoms with van der Waals surface area (Å²) in [5, 5.41) is 9.29. The summed E-state index contributed by atoms with van der Waals surface area (Å²) in [5.74, 6) is -9.37. The summed E-state index contributed by atoms with van der Waals surface area (Å²) >= 11 is 0. The maximum atomic E-state index is 14.0. The van der Waals surface area contributed by atoms with Crippen LogP contribution in [-0.4, -0.2) is 41.4 Å². The van der Waals surface area contributed by atoms with Crippen molar-refractivity contribution in [3.63, 3.8) is 0 Å². The van der Waals surface area contributed by atoms with Crippen LogP contribution >= 0.6 is 0 Å². The Labute approximate surface area is 114 Å². The fraction of sp³-hybridized carbons (Fsp3) is 0.917. The van der Waals surface area contributed by atoms with E-state index in [2.05, 4.69) is 4.74 Å². The molecule has 0 aliphatic carbocycles. The molecule has 0 aromatic carbocycles. The normalized spacial score (nSPS) is 33.5. The third-order valence-corrected chi connectivity index (χ3v) is 3.73. The number of rotatable bonds is 4. The highest BCUT2D eigenvalue weighted by Gasteiger charge is 2.77. The van der Waals surface area contributed by atoms with Gasteiger partial charge in [-0.1, -0.05) is 6.92 Å². The quantitative estimate of drug-likeness (QED) is 0.640. The molecular weight excluding hydrogens is 284 g/mol. The number of hydrogen-bond donors (Lipinski definition) is 1. The van der Waals surface area contributed by atoms with E-state index in [1.807, 2.05) is 0 Å². The lowest BCUT2D eigenvalue weighted by Gasteiger charge is -2.36. The first-order valence-corrected chi connectivity index (χ1v) is 6.10. The van der Waals surface area contributed by atoms with Crippen LogP contribution in [0.3, 0.4) is 0 Å². The van der Waals surface area contributed by atoms with Crippen LogP contribution in [0.2, 0.25) is 0 Å². The Hall–Kier alpha value is -0.890. The van der Waals surface area contributed by atoms with E-state index >= 15 is 0 Å². The van der Waals surface area contributed by atoms with Gasteiger partial charge in [-0.05, 0) is 27.2 Å². The zero-order valence-electron chi connectivity index (χ0n) is 11.7. The van der Waals surface area contributed by atoms with E-state index in [-0.39, 0.29) is 0 Å². The maximum Gasteiger partial charge on any atom is 0.347 e. The van der Waals surface area contributed by atoms with Crippen LogP contribution in [0.15, 0.2) is 0 Å². The highest BCUT2D eigenvalue weighted by Crippen LogP contribution is 2.50. The van der Waals surface area contributed by atoms with E-state index in [9.17, 15) is 27.5 Å². The molecule has 1 aliphatic heterocycles. The highest BCUT2D eigenvalue weighted by atomic mass is 19.3. The molecule has 1 N–H and O–H groups in total. The third-order valence-electron chi connectivity index (χ3n) is 3.73. The van der Waals surface area contributed by atoms with Crippen LogP contribution in [0.4, 0.5) is 17.6 Å². The van der Waals surface area contributed by atoms with Crippen LogP contribution in [0, 0.1) is 5.41 Å². The molecule has 0 aromatic heterocycles. The fourth-order valence-corrected chi connectivity index (χ4v) is 1.59. The minimum Gasteiger partial charge on any atom is -0.450 e. The molecule has 0 saturated carbocycles. The lowest BCUT2D eigenvalue weighted by Crippen LogP contribution is -2.60. The number of ether oxygens (including phenoxy) is 2. The van der Waals surface area contributed by atoms with Crippen molar-refractivity contribution in [3.05, 3.63) is 0 Å². The second kappa shape index (κ2) is 4.84. The van der Waals surface area contributed by atoms with Gasteiger partial charge < -0.3 is 14.6 Å². The Morgan fingerprint density at radius 1 is 1.45 bits per heavy atom. The topological polar surface area (TPSA) is 55.8 Å². The number of carbonyl (C=O) groups excluding carboxylic acids is 1. The Morgan fingerprint density at radius 3 is 2.30 bits per heavy atom. The van der Waals surface area contributed by atoms with Gasteiger partial charge in [-0.2, -0.15) is 8.78 Å². The first kappa shape index (κ1) is 17.2. The maximum absolute atomic E-state index is 14.0. The van der Waals surface area contributed by atoms with Crippen molar-refractivity contribution < 1.29 is 36.9 Å². The Kier molecular flexibility index (Phi) is 4.15. The molecule has 1 saturated heterocycles. The Balaban J connectivity index is 3.05. The summed E-state index contributed by atoms with van der Waals surface area (Å²) in [6.45, 7) is 4.35. The number of aliphatic hydroxyl groups is 1. The monoisotopic (exact) mass is 302 g/mol. The van der Waals surface area contributed by atoms with Crippen LogP contribution in [0.5, 0.6) is 0 Å². The molecule has 0 bridgehead atoms. The summed E-state index contributed by atoms with van der Waals surface area (Å²) in [6, 6.07) is 0. The van der Waals surface area contributed by atoms with Crippen molar-refractivity contribution >= 4 is 5.97 Å². The molecule has 1 rings (SSSR count). The molecule has 0 amide bonds. The number of alkyl halides is 4. The number of hydrogen-bond acceptors (Lipinski definition) is 4. The van der Waals surface area contributed by atoms with E-state index in [0.29, 0.717) is 6.42 Å². The minimum absolute atomic E-state index is 0.313. The summed E-state index contributed by atoms with van der Waals surface area (Å²) in [5.41, 5.74) is -3.70. The van der Waals surface area contributed by atoms with Gasteiger partial charge in [0, 0.05) is 0 Å². The Bertz CT molecular complexity index is 399. The third kappa shape index (κ3) is 2.28. The zero-order chi connectivity index (χ0) is 16.0. The van der Waals surface area contributed by atoms with Gasteiger partial charge in [0.1, 0.15) is 0 Å².